The maximum Gasteiger partial charge on any atom is 0.319 e. The van der Waals surface area contributed by atoms with Crippen LogP contribution in [0.1, 0.15) is 18.7 Å². The lowest BCUT2D eigenvalue weighted by Gasteiger charge is -2.19. The number of hydrogen-bond acceptors (Lipinski definition) is 5. The highest BCUT2D eigenvalue weighted by molar-refractivity contribution is 7.09. The van der Waals surface area contributed by atoms with Gasteiger partial charge in [-0.05, 0) is 36.7 Å². The quantitative estimate of drug-likeness (QED) is 0.661. The topological polar surface area (TPSA) is 62.8 Å². The van der Waals surface area contributed by atoms with Gasteiger partial charge in [-0.25, -0.2) is 4.79 Å². The Kier molecular flexibility index (Phi) is 8.24. The van der Waals surface area contributed by atoms with Crippen LogP contribution in [0.5, 0.6) is 11.5 Å². The molecule has 0 bridgehead atoms. The Balaban J connectivity index is 1.91. The first-order valence-electron chi connectivity index (χ1n) is 8.76. The summed E-state index contributed by atoms with van der Waals surface area (Å²) >= 11 is 1.61. The number of carbonyl (C=O) groups excluding carboxylic acids is 1. The molecule has 0 fully saturated rings. The molecule has 0 spiro atoms. The molecule has 142 valence electrons. The van der Waals surface area contributed by atoms with Crippen LogP contribution in [0.4, 0.5) is 10.5 Å². The minimum absolute atomic E-state index is 0.252. The first kappa shape index (κ1) is 20.1. The van der Waals surface area contributed by atoms with Gasteiger partial charge in [-0.15, -0.1) is 11.3 Å². The molecule has 0 aliphatic carbocycles. The molecule has 6 nitrogen and oxygen atoms in total. The van der Waals surface area contributed by atoms with Gasteiger partial charge in [0.1, 0.15) is 6.61 Å². The normalized spacial score (nSPS) is 10.6. The van der Waals surface area contributed by atoms with Crippen LogP contribution >= 0.6 is 11.3 Å². The van der Waals surface area contributed by atoms with Gasteiger partial charge in [0.05, 0.1) is 13.7 Å². The number of amides is 2. The second-order valence-electron chi connectivity index (χ2n) is 5.63. The van der Waals surface area contributed by atoms with Gasteiger partial charge in [0, 0.05) is 23.2 Å². The van der Waals surface area contributed by atoms with E-state index in [1.54, 1.807) is 36.6 Å². The third-order valence-electron chi connectivity index (χ3n) is 3.98. The Bertz CT molecular complexity index is 673. The van der Waals surface area contributed by atoms with Crippen LogP contribution in [0.15, 0.2) is 35.7 Å². The van der Waals surface area contributed by atoms with Crippen LogP contribution in [0.25, 0.3) is 0 Å². The number of rotatable bonds is 10. The molecule has 1 aromatic carbocycles. The van der Waals surface area contributed by atoms with E-state index in [1.807, 2.05) is 17.5 Å². The van der Waals surface area contributed by atoms with Crippen LogP contribution in [-0.2, 0) is 6.54 Å². The van der Waals surface area contributed by atoms with E-state index in [0.29, 0.717) is 30.3 Å². The summed E-state index contributed by atoms with van der Waals surface area (Å²) in [4.78, 5) is 15.4. The number of methoxy groups -OCH3 is 1. The Hall–Kier alpha value is -2.25. The molecule has 0 saturated heterocycles. The van der Waals surface area contributed by atoms with Crippen molar-refractivity contribution in [3.8, 4) is 11.5 Å². The van der Waals surface area contributed by atoms with Crippen molar-refractivity contribution in [1.29, 1.82) is 0 Å². The predicted molar refractivity (Wildman–Crippen MR) is 106 cm³/mol. The average molecular weight is 378 g/mol. The van der Waals surface area contributed by atoms with E-state index in [9.17, 15) is 4.79 Å². The van der Waals surface area contributed by atoms with E-state index in [-0.39, 0.29) is 6.03 Å². The first-order valence-corrected chi connectivity index (χ1v) is 9.64. The van der Waals surface area contributed by atoms with Crippen molar-refractivity contribution in [2.24, 2.45) is 0 Å². The van der Waals surface area contributed by atoms with Crippen molar-refractivity contribution in [2.45, 2.75) is 20.4 Å². The maximum absolute atomic E-state index is 12.1. The number of anilines is 1. The molecule has 0 saturated carbocycles. The van der Waals surface area contributed by atoms with Crippen LogP contribution in [-0.4, -0.2) is 44.3 Å². The number of benzene rings is 1. The predicted octanol–water partition coefficient (Wildman–Crippen LogP) is 3.80. The molecule has 0 aliphatic rings. The molecule has 0 atom stereocenters. The number of carbonyl (C=O) groups is 1. The molecule has 2 aromatic rings. The smallest absolute Gasteiger partial charge is 0.319 e. The van der Waals surface area contributed by atoms with E-state index in [2.05, 4.69) is 29.4 Å². The third kappa shape index (κ3) is 6.24. The van der Waals surface area contributed by atoms with Gasteiger partial charge in [0.15, 0.2) is 11.5 Å². The molecule has 1 aromatic heterocycles. The van der Waals surface area contributed by atoms with E-state index in [1.165, 1.54) is 0 Å². The van der Waals surface area contributed by atoms with Gasteiger partial charge in [0.25, 0.3) is 0 Å². The average Bonchev–Trinajstić information content (AvgIpc) is 3.17. The van der Waals surface area contributed by atoms with Crippen LogP contribution in [0.3, 0.4) is 0 Å². The summed E-state index contributed by atoms with van der Waals surface area (Å²) in [6.07, 6.45) is 0. The molecule has 26 heavy (non-hydrogen) atoms. The fraction of sp³-hybridized carbons (Fsp3) is 0.421. The fourth-order valence-corrected chi connectivity index (χ4v) is 3.09. The van der Waals surface area contributed by atoms with Gasteiger partial charge in [0.2, 0.25) is 0 Å². The molecule has 0 aliphatic heterocycles. The molecule has 0 radical (unpaired) electrons. The first-order chi connectivity index (χ1) is 12.7. The fourth-order valence-electron chi connectivity index (χ4n) is 2.45. The summed E-state index contributed by atoms with van der Waals surface area (Å²) in [6, 6.07) is 9.07. The largest absolute Gasteiger partial charge is 0.493 e. The van der Waals surface area contributed by atoms with Crippen LogP contribution in [0.2, 0.25) is 0 Å². The number of nitrogens with zero attached hydrogens (tertiary/aromatic N) is 1. The Morgan fingerprint density at radius 2 is 2.00 bits per heavy atom. The minimum Gasteiger partial charge on any atom is -0.493 e. The minimum atomic E-state index is -0.252. The van der Waals surface area contributed by atoms with Crippen LogP contribution < -0.4 is 20.1 Å². The summed E-state index contributed by atoms with van der Waals surface area (Å²) in [7, 11) is 1.60. The molecular formula is C19H27N3O3S. The SMILES string of the molecule is CCN(CC)CCOc1cc(NC(=O)NCc2cccs2)ccc1OC. The zero-order valence-electron chi connectivity index (χ0n) is 15.6. The Morgan fingerprint density at radius 3 is 2.65 bits per heavy atom. The van der Waals surface area contributed by atoms with Crippen molar-refractivity contribution >= 4 is 23.1 Å². The Morgan fingerprint density at radius 1 is 1.19 bits per heavy atom. The van der Waals surface area contributed by atoms with E-state index >= 15 is 0 Å². The lowest BCUT2D eigenvalue weighted by molar-refractivity contribution is 0.217. The summed E-state index contributed by atoms with van der Waals surface area (Å²) in [5, 5.41) is 7.65. The van der Waals surface area contributed by atoms with Crippen molar-refractivity contribution < 1.29 is 14.3 Å². The number of thiophene rings is 1. The molecule has 1 heterocycles. The van der Waals surface area contributed by atoms with Crippen LogP contribution in [0, 0.1) is 0 Å². The van der Waals surface area contributed by atoms with Crippen molar-refractivity contribution in [1.82, 2.24) is 10.2 Å². The van der Waals surface area contributed by atoms with Gasteiger partial charge in [-0.1, -0.05) is 19.9 Å². The van der Waals surface area contributed by atoms with E-state index < -0.39 is 0 Å². The number of hydrogen-bond donors (Lipinski definition) is 2. The summed E-state index contributed by atoms with van der Waals surface area (Å²) in [6.45, 7) is 8.15. The maximum atomic E-state index is 12.1. The summed E-state index contributed by atoms with van der Waals surface area (Å²) in [5.41, 5.74) is 0.660. The van der Waals surface area contributed by atoms with Crippen molar-refractivity contribution in [3.63, 3.8) is 0 Å². The molecular weight excluding hydrogens is 350 g/mol. The number of ether oxygens (including phenoxy) is 2. The van der Waals surface area contributed by atoms with Gasteiger partial charge >= 0.3 is 6.03 Å². The molecule has 2 N–H and O–H groups in total. The highest BCUT2D eigenvalue weighted by Crippen LogP contribution is 2.30. The Labute approximate surface area is 159 Å². The van der Waals surface area contributed by atoms with Crippen molar-refractivity contribution in [2.75, 3.05) is 38.7 Å². The summed E-state index contributed by atoms with van der Waals surface area (Å²) < 4.78 is 11.2. The summed E-state index contributed by atoms with van der Waals surface area (Å²) in [5.74, 6) is 1.27. The number of nitrogens with one attached hydrogen (secondary N) is 2. The zero-order chi connectivity index (χ0) is 18.8. The zero-order valence-corrected chi connectivity index (χ0v) is 16.4. The lowest BCUT2D eigenvalue weighted by Crippen LogP contribution is -2.28. The molecule has 2 rings (SSSR count). The second-order valence-corrected chi connectivity index (χ2v) is 6.66. The third-order valence-corrected chi connectivity index (χ3v) is 4.86. The standard InChI is InChI=1S/C19H27N3O3S/c1-4-22(5-2)10-11-25-18-13-15(8-9-17(18)24-3)21-19(23)20-14-16-7-6-12-26-16/h6-9,12-13H,4-5,10-11,14H2,1-3H3,(H2,20,21,23). The highest BCUT2D eigenvalue weighted by atomic mass is 32.1. The van der Waals surface area contributed by atoms with E-state index in [0.717, 1.165) is 24.5 Å². The highest BCUT2D eigenvalue weighted by Gasteiger charge is 2.09. The van der Waals surface area contributed by atoms with Gasteiger partial charge in [-0.3, -0.25) is 0 Å². The second kappa shape index (κ2) is 10.7. The molecule has 2 amide bonds. The number of likely N-dealkylation sites (N-methyl/N-ethyl adjacent to an activating group) is 1. The van der Waals surface area contributed by atoms with Gasteiger partial charge in [-0.2, -0.15) is 0 Å². The lowest BCUT2D eigenvalue weighted by atomic mass is 10.2. The molecule has 0 unspecified atom stereocenters. The molecule has 7 heteroatoms. The van der Waals surface area contributed by atoms with Gasteiger partial charge < -0.3 is 25.0 Å². The van der Waals surface area contributed by atoms with Crippen molar-refractivity contribution in [3.05, 3.63) is 40.6 Å². The number of urea groups is 1. The monoisotopic (exact) mass is 377 g/mol. The van der Waals surface area contributed by atoms with E-state index in [4.69, 9.17) is 9.47 Å².